The van der Waals surface area contributed by atoms with E-state index in [1.54, 1.807) is 12.3 Å². The molecule has 2 heterocycles. The second kappa shape index (κ2) is 4.40. The Morgan fingerprint density at radius 2 is 2.19 bits per heavy atom. The number of ether oxygens (including phenoxy) is 1. The summed E-state index contributed by atoms with van der Waals surface area (Å²) >= 11 is 1.39. The highest BCUT2D eigenvalue weighted by molar-refractivity contribution is 7.17. The Hall–Kier alpha value is -1.75. The lowest BCUT2D eigenvalue weighted by molar-refractivity contribution is 0.0606. The number of esters is 1. The largest absolute Gasteiger partial charge is 0.465 e. The predicted molar refractivity (Wildman–Crippen MR) is 61.4 cm³/mol. The number of carbonyl (C=O) groups excluding carboxylic acids is 1. The Morgan fingerprint density at radius 3 is 2.88 bits per heavy atom. The summed E-state index contributed by atoms with van der Waals surface area (Å²) in [6.45, 7) is 1.89. The number of methoxy groups -OCH3 is 1. The van der Waals surface area contributed by atoms with E-state index in [-0.39, 0.29) is 5.97 Å². The van der Waals surface area contributed by atoms with Crippen molar-refractivity contribution in [3.63, 3.8) is 0 Å². The number of rotatable bonds is 2. The first-order chi connectivity index (χ1) is 7.72. The number of carbonyl (C=O) groups is 1. The number of nitrogens with zero attached hydrogens (tertiary/aromatic N) is 2. The minimum absolute atomic E-state index is 0.309. The average Bonchev–Trinajstić information content (AvgIpc) is 2.78. The van der Waals surface area contributed by atoms with Gasteiger partial charge in [0.2, 0.25) is 0 Å². The van der Waals surface area contributed by atoms with E-state index in [0.717, 1.165) is 16.1 Å². The zero-order valence-corrected chi connectivity index (χ0v) is 9.75. The monoisotopic (exact) mass is 234 g/mol. The SMILES string of the molecule is COC(=O)c1ccc(-c2ccnnc2C)s1. The highest BCUT2D eigenvalue weighted by Crippen LogP contribution is 2.29. The molecule has 0 N–H and O–H groups in total. The Balaban J connectivity index is 2.39. The molecule has 0 fully saturated rings. The molecule has 0 aliphatic heterocycles. The summed E-state index contributed by atoms with van der Waals surface area (Å²) in [5.41, 5.74) is 1.84. The molecule has 2 rings (SSSR count). The lowest BCUT2D eigenvalue weighted by Gasteiger charge is -1.99. The third kappa shape index (κ3) is 1.94. The van der Waals surface area contributed by atoms with Crippen LogP contribution in [0.1, 0.15) is 15.4 Å². The van der Waals surface area contributed by atoms with Gasteiger partial charge in [-0.05, 0) is 25.1 Å². The van der Waals surface area contributed by atoms with Gasteiger partial charge in [0.25, 0.3) is 0 Å². The first-order valence-corrected chi connectivity index (χ1v) is 5.51. The summed E-state index contributed by atoms with van der Waals surface area (Å²) in [4.78, 5) is 12.9. The Bertz CT molecular complexity index is 522. The molecule has 0 aromatic carbocycles. The van der Waals surface area contributed by atoms with Crippen molar-refractivity contribution in [2.75, 3.05) is 7.11 Å². The van der Waals surface area contributed by atoms with E-state index in [2.05, 4.69) is 14.9 Å². The highest BCUT2D eigenvalue weighted by Gasteiger charge is 2.11. The van der Waals surface area contributed by atoms with Crippen molar-refractivity contribution in [1.82, 2.24) is 10.2 Å². The van der Waals surface area contributed by atoms with Crippen LogP contribution < -0.4 is 0 Å². The van der Waals surface area contributed by atoms with Crippen LogP contribution in [0.4, 0.5) is 0 Å². The molecule has 0 amide bonds. The third-order valence-electron chi connectivity index (χ3n) is 2.16. The van der Waals surface area contributed by atoms with Crippen molar-refractivity contribution in [3.05, 3.63) is 35.0 Å². The van der Waals surface area contributed by atoms with Gasteiger partial charge < -0.3 is 4.74 Å². The van der Waals surface area contributed by atoms with E-state index >= 15 is 0 Å². The van der Waals surface area contributed by atoms with Crippen molar-refractivity contribution in [2.45, 2.75) is 6.92 Å². The molecule has 0 spiro atoms. The van der Waals surface area contributed by atoms with Gasteiger partial charge in [0.15, 0.2) is 0 Å². The summed E-state index contributed by atoms with van der Waals surface area (Å²) in [7, 11) is 1.38. The van der Waals surface area contributed by atoms with Gasteiger partial charge in [-0.2, -0.15) is 10.2 Å². The molecule has 4 nitrogen and oxygen atoms in total. The molecule has 2 aromatic heterocycles. The van der Waals surface area contributed by atoms with Crippen molar-refractivity contribution >= 4 is 17.3 Å². The summed E-state index contributed by atoms with van der Waals surface area (Å²) < 4.78 is 4.66. The van der Waals surface area contributed by atoms with Gasteiger partial charge in [-0.3, -0.25) is 0 Å². The summed E-state index contributed by atoms with van der Waals surface area (Å²) in [6.07, 6.45) is 1.64. The van der Waals surface area contributed by atoms with E-state index in [4.69, 9.17) is 0 Å². The fourth-order valence-electron chi connectivity index (χ4n) is 1.36. The van der Waals surface area contributed by atoms with Crippen molar-refractivity contribution < 1.29 is 9.53 Å². The van der Waals surface area contributed by atoms with Gasteiger partial charge >= 0.3 is 5.97 Å². The quantitative estimate of drug-likeness (QED) is 0.748. The van der Waals surface area contributed by atoms with E-state index in [0.29, 0.717) is 4.88 Å². The first-order valence-electron chi connectivity index (χ1n) is 4.69. The number of thiophene rings is 1. The number of aromatic nitrogens is 2. The van der Waals surface area contributed by atoms with E-state index in [9.17, 15) is 4.79 Å². The maximum atomic E-state index is 11.3. The van der Waals surface area contributed by atoms with Crippen LogP contribution >= 0.6 is 11.3 Å². The standard InChI is InChI=1S/C11H10N2O2S/c1-7-8(5-6-12-13-7)9-3-4-10(16-9)11(14)15-2/h3-6H,1-2H3. The van der Waals surface area contributed by atoms with Crippen LogP contribution in [0.2, 0.25) is 0 Å². The molecule has 0 saturated heterocycles. The fourth-order valence-corrected chi connectivity index (χ4v) is 2.36. The Labute approximate surface area is 96.9 Å². The molecule has 0 aliphatic carbocycles. The second-order valence-corrected chi connectivity index (χ2v) is 4.27. The molecule has 0 unspecified atom stereocenters. The molecule has 0 saturated carbocycles. The summed E-state index contributed by atoms with van der Waals surface area (Å²) in [5.74, 6) is -0.309. The molecule has 0 radical (unpaired) electrons. The molecular weight excluding hydrogens is 224 g/mol. The van der Waals surface area contributed by atoms with Gasteiger partial charge in [-0.15, -0.1) is 11.3 Å². The van der Waals surface area contributed by atoms with Crippen LogP contribution in [0, 0.1) is 6.92 Å². The maximum Gasteiger partial charge on any atom is 0.348 e. The van der Waals surface area contributed by atoms with Gasteiger partial charge in [-0.25, -0.2) is 4.79 Å². The van der Waals surface area contributed by atoms with Gasteiger partial charge in [0, 0.05) is 10.4 Å². The minimum Gasteiger partial charge on any atom is -0.465 e. The molecule has 82 valence electrons. The average molecular weight is 234 g/mol. The van der Waals surface area contributed by atoms with Crippen LogP contribution in [0.5, 0.6) is 0 Å². The van der Waals surface area contributed by atoms with Gasteiger partial charge in [-0.1, -0.05) is 0 Å². The second-order valence-electron chi connectivity index (χ2n) is 3.19. The Kier molecular flexibility index (Phi) is 2.96. The van der Waals surface area contributed by atoms with Gasteiger partial charge in [0.1, 0.15) is 4.88 Å². The first kappa shape index (κ1) is 10.8. The molecular formula is C11H10N2O2S. The third-order valence-corrected chi connectivity index (χ3v) is 3.26. The smallest absolute Gasteiger partial charge is 0.348 e. The van der Waals surface area contributed by atoms with Crippen LogP contribution in [0.3, 0.4) is 0 Å². The maximum absolute atomic E-state index is 11.3. The fraction of sp³-hybridized carbons (Fsp3) is 0.182. The lowest BCUT2D eigenvalue weighted by atomic mass is 10.2. The summed E-state index contributed by atoms with van der Waals surface area (Å²) in [5, 5.41) is 7.76. The summed E-state index contributed by atoms with van der Waals surface area (Å²) in [6, 6.07) is 5.53. The lowest BCUT2D eigenvalue weighted by Crippen LogP contribution is -1.96. The van der Waals surface area contributed by atoms with E-state index in [1.807, 2.05) is 19.1 Å². The van der Waals surface area contributed by atoms with Gasteiger partial charge in [0.05, 0.1) is 19.0 Å². The predicted octanol–water partition coefficient (Wildman–Crippen LogP) is 2.30. The molecule has 0 bridgehead atoms. The van der Waals surface area contributed by atoms with Crippen molar-refractivity contribution in [3.8, 4) is 10.4 Å². The zero-order valence-electron chi connectivity index (χ0n) is 8.93. The van der Waals surface area contributed by atoms with Crippen LogP contribution in [-0.4, -0.2) is 23.3 Å². The van der Waals surface area contributed by atoms with Crippen molar-refractivity contribution in [1.29, 1.82) is 0 Å². The van der Waals surface area contributed by atoms with Crippen LogP contribution in [0.25, 0.3) is 10.4 Å². The van der Waals surface area contributed by atoms with Crippen LogP contribution in [-0.2, 0) is 4.74 Å². The Morgan fingerprint density at radius 1 is 1.38 bits per heavy atom. The molecule has 16 heavy (non-hydrogen) atoms. The molecule has 5 heteroatoms. The molecule has 2 aromatic rings. The topological polar surface area (TPSA) is 52.1 Å². The normalized spacial score (nSPS) is 10.1. The van der Waals surface area contributed by atoms with E-state index < -0.39 is 0 Å². The van der Waals surface area contributed by atoms with Crippen LogP contribution in [0.15, 0.2) is 24.4 Å². The molecule has 0 atom stereocenters. The van der Waals surface area contributed by atoms with E-state index in [1.165, 1.54) is 18.4 Å². The molecule has 0 aliphatic rings. The number of aryl methyl sites for hydroxylation is 1. The number of hydrogen-bond donors (Lipinski definition) is 0. The minimum atomic E-state index is -0.309. The number of hydrogen-bond acceptors (Lipinski definition) is 5. The highest BCUT2D eigenvalue weighted by atomic mass is 32.1. The zero-order chi connectivity index (χ0) is 11.5. The van der Waals surface area contributed by atoms with Crippen molar-refractivity contribution in [2.24, 2.45) is 0 Å².